The van der Waals surface area contributed by atoms with Crippen LogP contribution in [0.2, 0.25) is 0 Å². The molecule has 1 aliphatic heterocycles. The van der Waals surface area contributed by atoms with Gasteiger partial charge in [0.25, 0.3) is 5.91 Å². The average molecular weight is 274 g/mol. The molecule has 4 heteroatoms. The molecule has 1 aromatic heterocycles. The SMILES string of the molecule is Cc1[nH]c2c(F)cccc2c1C(=O)N1CCCCCC1. The molecule has 0 bridgehead atoms. The minimum absolute atomic E-state index is 0.0289. The number of nitrogens with one attached hydrogen (secondary N) is 1. The molecular formula is C16H19FN2O. The number of H-pyrrole nitrogens is 1. The molecule has 20 heavy (non-hydrogen) atoms. The number of likely N-dealkylation sites (tertiary alicyclic amines) is 1. The monoisotopic (exact) mass is 274 g/mol. The van der Waals surface area contributed by atoms with Gasteiger partial charge in [0.2, 0.25) is 0 Å². The van der Waals surface area contributed by atoms with Gasteiger partial charge in [-0.15, -0.1) is 0 Å². The maximum absolute atomic E-state index is 13.8. The van der Waals surface area contributed by atoms with E-state index in [0.717, 1.165) is 31.6 Å². The van der Waals surface area contributed by atoms with Gasteiger partial charge in [0.1, 0.15) is 5.82 Å². The van der Waals surface area contributed by atoms with Crippen LogP contribution in [0.4, 0.5) is 4.39 Å². The predicted molar refractivity (Wildman–Crippen MR) is 77.4 cm³/mol. The molecule has 0 saturated carbocycles. The highest BCUT2D eigenvalue weighted by atomic mass is 19.1. The summed E-state index contributed by atoms with van der Waals surface area (Å²) >= 11 is 0. The second-order valence-electron chi connectivity index (χ2n) is 5.49. The number of halogens is 1. The van der Waals surface area contributed by atoms with Crippen molar-refractivity contribution in [3.63, 3.8) is 0 Å². The molecule has 2 heterocycles. The number of nitrogens with zero attached hydrogens (tertiary/aromatic N) is 1. The minimum Gasteiger partial charge on any atom is -0.356 e. The third-order valence-electron chi connectivity index (χ3n) is 4.08. The lowest BCUT2D eigenvalue weighted by Crippen LogP contribution is -2.32. The van der Waals surface area contributed by atoms with Crippen molar-refractivity contribution in [2.45, 2.75) is 32.6 Å². The zero-order valence-electron chi connectivity index (χ0n) is 11.7. The Morgan fingerprint density at radius 2 is 1.90 bits per heavy atom. The second kappa shape index (κ2) is 5.27. The molecule has 1 aromatic carbocycles. The van der Waals surface area contributed by atoms with E-state index < -0.39 is 0 Å². The summed E-state index contributed by atoms with van der Waals surface area (Å²) in [6.45, 7) is 3.45. The van der Waals surface area contributed by atoms with E-state index in [9.17, 15) is 9.18 Å². The van der Waals surface area contributed by atoms with Crippen LogP contribution in [0, 0.1) is 12.7 Å². The van der Waals surface area contributed by atoms with Crippen LogP contribution in [-0.4, -0.2) is 28.9 Å². The molecule has 1 fully saturated rings. The van der Waals surface area contributed by atoms with Gasteiger partial charge >= 0.3 is 0 Å². The van der Waals surface area contributed by atoms with Gasteiger partial charge in [0.15, 0.2) is 0 Å². The molecule has 2 aromatic rings. The Morgan fingerprint density at radius 3 is 2.60 bits per heavy atom. The molecule has 3 rings (SSSR count). The predicted octanol–water partition coefficient (Wildman–Crippen LogP) is 3.63. The largest absolute Gasteiger partial charge is 0.356 e. The van der Waals surface area contributed by atoms with Gasteiger partial charge in [-0.1, -0.05) is 25.0 Å². The minimum atomic E-state index is -0.305. The summed E-state index contributed by atoms with van der Waals surface area (Å²) in [6.07, 6.45) is 4.49. The lowest BCUT2D eigenvalue weighted by molar-refractivity contribution is 0.0763. The Balaban J connectivity index is 2.02. The van der Waals surface area contributed by atoms with Crippen LogP contribution in [0.1, 0.15) is 41.7 Å². The molecule has 0 aliphatic carbocycles. The highest BCUT2D eigenvalue weighted by Crippen LogP contribution is 2.26. The van der Waals surface area contributed by atoms with Gasteiger partial charge in [-0.3, -0.25) is 4.79 Å². The number of hydrogen-bond acceptors (Lipinski definition) is 1. The molecule has 0 radical (unpaired) electrons. The number of aromatic nitrogens is 1. The molecule has 0 unspecified atom stereocenters. The number of hydrogen-bond donors (Lipinski definition) is 1. The topological polar surface area (TPSA) is 36.1 Å². The lowest BCUT2D eigenvalue weighted by atomic mass is 10.1. The summed E-state index contributed by atoms with van der Waals surface area (Å²) in [5.41, 5.74) is 1.81. The fourth-order valence-electron chi connectivity index (χ4n) is 3.02. The Labute approximate surface area is 117 Å². The van der Waals surface area contributed by atoms with E-state index in [1.165, 1.54) is 18.9 Å². The Hall–Kier alpha value is -1.84. The lowest BCUT2D eigenvalue weighted by Gasteiger charge is -2.20. The van der Waals surface area contributed by atoms with Crippen LogP contribution in [0.3, 0.4) is 0 Å². The number of aryl methyl sites for hydroxylation is 1. The number of benzene rings is 1. The van der Waals surface area contributed by atoms with Crippen molar-refractivity contribution >= 4 is 16.8 Å². The molecule has 1 aliphatic rings. The first kappa shape index (κ1) is 13.2. The number of fused-ring (bicyclic) bond motifs is 1. The standard InChI is InChI=1S/C16H19FN2O/c1-11-14(12-7-6-8-13(17)15(12)18-11)16(20)19-9-4-2-3-5-10-19/h6-8,18H,2-5,9-10H2,1H3. The fraction of sp³-hybridized carbons (Fsp3) is 0.438. The van der Waals surface area contributed by atoms with E-state index in [1.807, 2.05) is 17.9 Å². The van der Waals surface area contributed by atoms with E-state index in [4.69, 9.17) is 0 Å². The normalized spacial score (nSPS) is 16.4. The summed E-state index contributed by atoms with van der Waals surface area (Å²) in [6, 6.07) is 4.88. The average Bonchev–Trinajstić information content (AvgIpc) is 2.64. The zero-order chi connectivity index (χ0) is 14.1. The maximum Gasteiger partial charge on any atom is 0.256 e. The van der Waals surface area contributed by atoms with Crippen LogP contribution in [-0.2, 0) is 0 Å². The summed E-state index contributed by atoms with van der Waals surface area (Å²) in [5.74, 6) is -0.276. The summed E-state index contributed by atoms with van der Waals surface area (Å²) in [4.78, 5) is 17.7. The number of aromatic amines is 1. The van der Waals surface area contributed by atoms with Crippen LogP contribution < -0.4 is 0 Å². The van der Waals surface area contributed by atoms with Crippen molar-refractivity contribution in [2.24, 2.45) is 0 Å². The van der Waals surface area contributed by atoms with Crippen molar-refractivity contribution < 1.29 is 9.18 Å². The Morgan fingerprint density at radius 1 is 1.20 bits per heavy atom. The number of amides is 1. The summed E-state index contributed by atoms with van der Waals surface area (Å²) < 4.78 is 13.8. The molecule has 0 spiro atoms. The first-order valence-electron chi connectivity index (χ1n) is 7.24. The molecular weight excluding hydrogens is 255 g/mol. The molecule has 106 valence electrons. The van der Waals surface area contributed by atoms with Crippen LogP contribution in [0.25, 0.3) is 10.9 Å². The van der Waals surface area contributed by atoms with Gasteiger partial charge in [-0.2, -0.15) is 0 Å². The number of carbonyl (C=O) groups is 1. The fourth-order valence-corrected chi connectivity index (χ4v) is 3.02. The Bertz CT molecular complexity index is 639. The van der Waals surface area contributed by atoms with Crippen molar-refractivity contribution in [3.05, 3.63) is 35.3 Å². The smallest absolute Gasteiger partial charge is 0.256 e. The molecule has 1 saturated heterocycles. The number of para-hydroxylation sites is 1. The summed E-state index contributed by atoms with van der Waals surface area (Å²) in [7, 11) is 0. The highest BCUT2D eigenvalue weighted by Gasteiger charge is 2.23. The van der Waals surface area contributed by atoms with Crippen LogP contribution in [0.5, 0.6) is 0 Å². The zero-order valence-corrected chi connectivity index (χ0v) is 11.7. The van der Waals surface area contributed by atoms with Crippen molar-refractivity contribution in [3.8, 4) is 0 Å². The molecule has 3 nitrogen and oxygen atoms in total. The first-order valence-corrected chi connectivity index (χ1v) is 7.24. The van der Waals surface area contributed by atoms with Gasteiger partial charge in [-0.25, -0.2) is 4.39 Å². The molecule has 0 atom stereocenters. The molecule has 1 N–H and O–H groups in total. The van der Waals surface area contributed by atoms with Crippen molar-refractivity contribution in [1.29, 1.82) is 0 Å². The van der Waals surface area contributed by atoms with Gasteiger partial charge in [-0.05, 0) is 25.8 Å². The molecule has 1 amide bonds. The van der Waals surface area contributed by atoms with Gasteiger partial charge < -0.3 is 9.88 Å². The van der Waals surface area contributed by atoms with Crippen molar-refractivity contribution in [2.75, 3.05) is 13.1 Å². The second-order valence-corrected chi connectivity index (χ2v) is 5.49. The maximum atomic E-state index is 13.8. The van der Waals surface area contributed by atoms with Crippen molar-refractivity contribution in [1.82, 2.24) is 9.88 Å². The van der Waals surface area contributed by atoms with Crippen LogP contribution in [0.15, 0.2) is 18.2 Å². The van der Waals surface area contributed by atoms with E-state index >= 15 is 0 Å². The highest BCUT2D eigenvalue weighted by molar-refractivity contribution is 6.08. The van der Waals surface area contributed by atoms with E-state index in [1.54, 1.807) is 6.07 Å². The van der Waals surface area contributed by atoms with E-state index in [-0.39, 0.29) is 11.7 Å². The number of carbonyl (C=O) groups excluding carboxylic acids is 1. The third-order valence-corrected chi connectivity index (χ3v) is 4.08. The van der Waals surface area contributed by atoms with Gasteiger partial charge in [0, 0.05) is 24.2 Å². The first-order chi connectivity index (χ1) is 9.68. The van der Waals surface area contributed by atoms with E-state index in [2.05, 4.69) is 4.98 Å². The quantitative estimate of drug-likeness (QED) is 0.847. The number of rotatable bonds is 1. The summed E-state index contributed by atoms with van der Waals surface area (Å²) in [5, 5.41) is 0.691. The Kier molecular flexibility index (Phi) is 3.47. The third kappa shape index (κ3) is 2.19. The van der Waals surface area contributed by atoms with Gasteiger partial charge in [0.05, 0.1) is 11.1 Å². The van der Waals surface area contributed by atoms with Crippen LogP contribution >= 0.6 is 0 Å². The van der Waals surface area contributed by atoms with E-state index in [0.29, 0.717) is 16.5 Å².